The molecule has 0 fully saturated rings. The second kappa shape index (κ2) is 6.73. The van der Waals surface area contributed by atoms with Crippen LogP contribution in [0.4, 0.5) is 5.88 Å². The quantitative estimate of drug-likeness (QED) is 0.848. The van der Waals surface area contributed by atoms with Gasteiger partial charge in [0.1, 0.15) is 0 Å². The van der Waals surface area contributed by atoms with Crippen LogP contribution in [-0.2, 0) is 0 Å². The van der Waals surface area contributed by atoms with E-state index in [1.807, 2.05) is 13.0 Å². The highest BCUT2D eigenvalue weighted by Crippen LogP contribution is 2.15. The van der Waals surface area contributed by atoms with Gasteiger partial charge in [-0.2, -0.15) is 0 Å². The van der Waals surface area contributed by atoms with Gasteiger partial charge in [0, 0.05) is 18.1 Å². The third-order valence-electron chi connectivity index (χ3n) is 2.74. The van der Waals surface area contributed by atoms with Gasteiger partial charge < -0.3 is 9.63 Å². The van der Waals surface area contributed by atoms with Crippen molar-refractivity contribution < 1.29 is 14.4 Å². The Kier molecular flexibility index (Phi) is 4.75. The molecule has 1 heterocycles. The Morgan fingerprint density at radius 2 is 2.19 bits per heavy atom. The van der Waals surface area contributed by atoms with E-state index in [-0.39, 0.29) is 12.5 Å². The van der Waals surface area contributed by atoms with Crippen LogP contribution in [-0.4, -0.2) is 22.8 Å². The lowest BCUT2D eigenvalue weighted by Crippen LogP contribution is -2.13. The number of amides is 1. The van der Waals surface area contributed by atoms with Crippen LogP contribution >= 0.6 is 0 Å². The van der Waals surface area contributed by atoms with Crippen molar-refractivity contribution in [3.63, 3.8) is 0 Å². The molecule has 0 spiro atoms. The number of carbonyl (C=O) groups excluding carboxylic acids is 1. The van der Waals surface area contributed by atoms with Crippen LogP contribution in [0.25, 0.3) is 0 Å². The molecule has 1 amide bonds. The highest BCUT2D eigenvalue weighted by molar-refractivity contribution is 6.05. The van der Waals surface area contributed by atoms with Crippen LogP contribution in [0.3, 0.4) is 0 Å². The van der Waals surface area contributed by atoms with Crippen molar-refractivity contribution in [2.45, 2.75) is 20.3 Å². The fourth-order valence-electron chi connectivity index (χ4n) is 1.77. The number of hydrogen-bond donors (Lipinski definition) is 2. The van der Waals surface area contributed by atoms with Crippen molar-refractivity contribution in [3.05, 3.63) is 46.6 Å². The SMILES string of the molecule is Cc1ccc(C#CCCO)c(C(=O)Nc2cc(C)no2)c1. The van der Waals surface area contributed by atoms with Gasteiger partial charge >= 0.3 is 0 Å². The van der Waals surface area contributed by atoms with Gasteiger partial charge in [-0.05, 0) is 26.0 Å². The topological polar surface area (TPSA) is 75.4 Å². The fourth-order valence-corrected chi connectivity index (χ4v) is 1.77. The highest BCUT2D eigenvalue weighted by Gasteiger charge is 2.13. The first-order chi connectivity index (χ1) is 10.1. The summed E-state index contributed by atoms with van der Waals surface area (Å²) in [6.07, 6.45) is 0.371. The van der Waals surface area contributed by atoms with Crippen LogP contribution in [0.2, 0.25) is 0 Å². The fraction of sp³-hybridized carbons (Fsp3) is 0.250. The van der Waals surface area contributed by atoms with E-state index in [0.717, 1.165) is 5.56 Å². The maximum absolute atomic E-state index is 12.3. The Morgan fingerprint density at radius 1 is 1.38 bits per heavy atom. The molecule has 2 aromatic rings. The summed E-state index contributed by atoms with van der Waals surface area (Å²) in [6.45, 7) is 3.68. The Morgan fingerprint density at radius 3 is 2.86 bits per heavy atom. The second-order valence-electron chi connectivity index (χ2n) is 4.61. The predicted octanol–water partition coefficient (Wildman–Crippen LogP) is 2.28. The van der Waals surface area contributed by atoms with Gasteiger partial charge in [0.2, 0.25) is 5.88 Å². The standard InChI is InChI=1S/C16H16N2O3/c1-11-6-7-13(5-3-4-8-19)14(9-11)16(20)17-15-10-12(2)18-21-15/h6-7,9-10,19H,4,8H2,1-2H3,(H,17,20). The minimum absolute atomic E-state index is 0.00225. The van der Waals surface area contributed by atoms with Crippen molar-refractivity contribution in [2.24, 2.45) is 0 Å². The number of nitrogens with zero attached hydrogens (tertiary/aromatic N) is 1. The molecular formula is C16H16N2O3. The van der Waals surface area contributed by atoms with Crippen molar-refractivity contribution in [2.75, 3.05) is 11.9 Å². The number of nitrogens with one attached hydrogen (secondary N) is 1. The molecule has 5 heteroatoms. The highest BCUT2D eigenvalue weighted by atomic mass is 16.5. The van der Waals surface area contributed by atoms with Crippen LogP contribution < -0.4 is 5.32 Å². The summed E-state index contributed by atoms with van der Waals surface area (Å²) in [5.41, 5.74) is 2.73. The molecule has 0 aliphatic carbocycles. The summed E-state index contributed by atoms with van der Waals surface area (Å²) < 4.78 is 4.97. The Labute approximate surface area is 123 Å². The number of aliphatic hydroxyl groups is 1. The largest absolute Gasteiger partial charge is 0.395 e. The Bertz CT molecular complexity index is 708. The number of aliphatic hydroxyl groups excluding tert-OH is 1. The van der Waals surface area contributed by atoms with Crippen molar-refractivity contribution >= 4 is 11.8 Å². The second-order valence-corrected chi connectivity index (χ2v) is 4.61. The van der Waals surface area contributed by atoms with E-state index in [4.69, 9.17) is 9.63 Å². The number of rotatable bonds is 3. The van der Waals surface area contributed by atoms with E-state index in [0.29, 0.717) is 29.1 Å². The lowest BCUT2D eigenvalue weighted by atomic mass is 10.0. The zero-order valence-corrected chi connectivity index (χ0v) is 11.9. The molecule has 2 rings (SSSR count). The first kappa shape index (κ1) is 14.8. The number of anilines is 1. The third kappa shape index (κ3) is 3.94. The minimum atomic E-state index is -0.303. The summed E-state index contributed by atoms with van der Waals surface area (Å²) in [6, 6.07) is 7.09. The van der Waals surface area contributed by atoms with E-state index >= 15 is 0 Å². The molecule has 108 valence electrons. The molecule has 0 aliphatic heterocycles. The average molecular weight is 284 g/mol. The molecule has 1 aromatic carbocycles. The van der Waals surface area contributed by atoms with E-state index < -0.39 is 0 Å². The number of hydrogen-bond acceptors (Lipinski definition) is 4. The number of benzene rings is 1. The summed E-state index contributed by atoms with van der Waals surface area (Å²) in [5, 5.41) is 15.1. The lowest BCUT2D eigenvalue weighted by molar-refractivity contribution is 0.102. The van der Waals surface area contributed by atoms with Crippen LogP contribution in [0.1, 0.15) is 33.6 Å². The van der Waals surface area contributed by atoms with Crippen LogP contribution in [0, 0.1) is 25.7 Å². The summed E-state index contributed by atoms with van der Waals surface area (Å²) in [7, 11) is 0. The molecule has 0 radical (unpaired) electrons. The average Bonchev–Trinajstić information content (AvgIpc) is 2.86. The Balaban J connectivity index is 2.26. The normalized spacial score (nSPS) is 9.86. The van der Waals surface area contributed by atoms with Gasteiger partial charge in [-0.15, -0.1) is 0 Å². The molecular weight excluding hydrogens is 268 g/mol. The molecule has 0 atom stereocenters. The maximum Gasteiger partial charge on any atom is 0.259 e. The first-order valence-corrected chi connectivity index (χ1v) is 6.55. The lowest BCUT2D eigenvalue weighted by Gasteiger charge is -2.05. The van der Waals surface area contributed by atoms with Crippen molar-refractivity contribution in [1.82, 2.24) is 5.16 Å². The third-order valence-corrected chi connectivity index (χ3v) is 2.74. The van der Waals surface area contributed by atoms with Crippen LogP contribution in [0.5, 0.6) is 0 Å². The molecule has 0 aliphatic rings. The summed E-state index contributed by atoms with van der Waals surface area (Å²) in [5.74, 6) is 5.71. The van der Waals surface area contributed by atoms with E-state index in [2.05, 4.69) is 22.3 Å². The van der Waals surface area contributed by atoms with E-state index in [1.165, 1.54) is 0 Å². The van der Waals surface area contributed by atoms with Gasteiger partial charge in [-0.1, -0.05) is 28.6 Å². The molecule has 0 saturated carbocycles. The molecule has 0 saturated heterocycles. The number of aromatic nitrogens is 1. The maximum atomic E-state index is 12.3. The molecule has 0 bridgehead atoms. The molecule has 21 heavy (non-hydrogen) atoms. The van der Waals surface area contributed by atoms with Gasteiger partial charge in [0.15, 0.2) is 0 Å². The van der Waals surface area contributed by atoms with Gasteiger partial charge in [0.05, 0.1) is 17.9 Å². The zero-order valence-electron chi connectivity index (χ0n) is 11.9. The monoisotopic (exact) mass is 284 g/mol. The van der Waals surface area contributed by atoms with Crippen molar-refractivity contribution in [3.8, 4) is 11.8 Å². The van der Waals surface area contributed by atoms with Crippen molar-refractivity contribution in [1.29, 1.82) is 0 Å². The minimum Gasteiger partial charge on any atom is -0.395 e. The molecule has 2 N–H and O–H groups in total. The molecule has 5 nitrogen and oxygen atoms in total. The molecule has 1 aromatic heterocycles. The zero-order chi connectivity index (χ0) is 15.2. The Hall–Kier alpha value is -2.58. The van der Waals surface area contributed by atoms with Gasteiger partial charge in [-0.3, -0.25) is 10.1 Å². The number of carbonyl (C=O) groups is 1. The smallest absolute Gasteiger partial charge is 0.259 e. The summed E-state index contributed by atoms with van der Waals surface area (Å²) in [4.78, 5) is 12.3. The van der Waals surface area contributed by atoms with Gasteiger partial charge in [0.25, 0.3) is 5.91 Å². The first-order valence-electron chi connectivity index (χ1n) is 6.55. The van der Waals surface area contributed by atoms with Gasteiger partial charge in [-0.25, -0.2) is 0 Å². The number of aryl methyl sites for hydroxylation is 2. The van der Waals surface area contributed by atoms with E-state index in [9.17, 15) is 4.79 Å². The predicted molar refractivity (Wildman–Crippen MR) is 79.0 cm³/mol. The van der Waals surface area contributed by atoms with Crippen LogP contribution in [0.15, 0.2) is 28.8 Å². The molecule has 0 unspecified atom stereocenters. The van der Waals surface area contributed by atoms with E-state index in [1.54, 1.807) is 25.1 Å². The summed E-state index contributed by atoms with van der Waals surface area (Å²) >= 11 is 0.